The van der Waals surface area contributed by atoms with Gasteiger partial charge in [-0.25, -0.2) is 0 Å². The molecule has 0 aliphatic carbocycles. The minimum Gasteiger partial charge on any atom is -0.374 e. The molecule has 1 N–H and O–H groups in total. The Labute approximate surface area is 124 Å². The first-order chi connectivity index (χ1) is 10.3. The molecule has 0 spiro atoms. The number of hydrogen-bond acceptors (Lipinski definition) is 5. The second kappa shape index (κ2) is 6.08. The van der Waals surface area contributed by atoms with E-state index in [4.69, 9.17) is 4.74 Å². The molecule has 1 aliphatic rings. The summed E-state index contributed by atoms with van der Waals surface area (Å²) in [6.07, 6.45) is 1.79. The van der Waals surface area contributed by atoms with Crippen LogP contribution in [0.4, 0.5) is 5.69 Å². The van der Waals surface area contributed by atoms with Crippen LogP contribution in [0, 0.1) is 11.3 Å². The first-order valence-electron chi connectivity index (χ1n) is 7.11. The second-order valence-electron chi connectivity index (χ2n) is 5.23. The Morgan fingerprint density at radius 3 is 3.10 bits per heavy atom. The van der Waals surface area contributed by atoms with Crippen molar-refractivity contribution in [1.82, 2.24) is 10.3 Å². The van der Waals surface area contributed by atoms with E-state index in [1.807, 2.05) is 31.3 Å². The molecule has 0 saturated carbocycles. The van der Waals surface area contributed by atoms with Crippen molar-refractivity contribution < 1.29 is 4.74 Å². The highest BCUT2D eigenvalue weighted by molar-refractivity contribution is 5.94. The second-order valence-corrected chi connectivity index (χ2v) is 5.23. The zero-order valence-electron chi connectivity index (χ0n) is 12.0. The third-order valence-corrected chi connectivity index (χ3v) is 3.73. The van der Waals surface area contributed by atoms with Crippen molar-refractivity contribution in [3.8, 4) is 6.07 Å². The third-order valence-electron chi connectivity index (χ3n) is 3.73. The number of rotatable bonds is 3. The van der Waals surface area contributed by atoms with Crippen molar-refractivity contribution in [2.75, 3.05) is 38.2 Å². The zero-order chi connectivity index (χ0) is 14.7. The van der Waals surface area contributed by atoms with Crippen molar-refractivity contribution >= 4 is 16.6 Å². The van der Waals surface area contributed by atoms with Crippen LogP contribution in [0.3, 0.4) is 0 Å². The number of pyridine rings is 1. The number of nitriles is 1. The lowest BCUT2D eigenvalue weighted by atomic mass is 10.1. The summed E-state index contributed by atoms with van der Waals surface area (Å²) >= 11 is 0. The van der Waals surface area contributed by atoms with Gasteiger partial charge < -0.3 is 15.0 Å². The quantitative estimate of drug-likeness (QED) is 0.925. The van der Waals surface area contributed by atoms with Gasteiger partial charge in [-0.15, -0.1) is 0 Å². The Hall–Kier alpha value is -2.16. The summed E-state index contributed by atoms with van der Waals surface area (Å²) in [7, 11) is 2.00. The predicted octanol–water partition coefficient (Wildman–Crippen LogP) is 1.53. The van der Waals surface area contributed by atoms with Crippen LogP contribution in [-0.2, 0) is 4.74 Å². The van der Waals surface area contributed by atoms with Crippen LogP contribution in [0.15, 0.2) is 30.5 Å². The van der Waals surface area contributed by atoms with Crippen LogP contribution < -0.4 is 10.2 Å². The maximum Gasteiger partial charge on any atom is 0.103 e. The molecule has 5 nitrogen and oxygen atoms in total. The predicted molar refractivity (Wildman–Crippen MR) is 82.3 cm³/mol. The largest absolute Gasteiger partial charge is 0.374 e. The molecule has 108 valence electrons. The van der Waals surface area contributed by atoms with Crippen molar-refractivity contribution in [3.63, 3.8) is 0 Å². The lowest BCUT2D eigenvalue weighted by Gasteiger charge is -2.30. The molecule has 0 radical (unpaired) electrons. The van der Waals surface area contributed by atoms with Gasteiger partial charge in [0.15, 0.2) is 0 Å². The molecule has 3 rings (SSSR count). The van der Waals surface area contributed by atoms with Crippen LogP contribution in [0.5, 0.6) is 0 Å². The summed E-state index contributed by atoms with van der Waals surface area (Å²) in [4.78, 5) is 6.45. The highest BCUT2D eigenvalue weighted by Gasteiger charge is 2.19. The number of likely N-dealkylation sites (N-methyl/N-ethyl adjacent to an activating group) is 1. The lowest BCUT2D eigenvalue weighted by Crippen LogP contribution is -2.44. The molecular weight excluding hydrogens is 264 g/mol. The molecule has 1 atom stereocenters. The van der Waals surface area contributed by atoms with Gasteiger partial charge in [0, 0.05) is 38.3 Å². The van der Waals surface area contributed by atoms with E-state index in [-0.39, 0.29) is 6.10 Å². The molecule has 1 aromatic carbocycles. The summed E-state index contributed by atoms with van der Waals surface area (Å²) in [6, 6.07) is 10.1. The van der Waals surface area contributed by atoms with E-state index in [2.05, 4.69) is 21.3 Å². The van der Waals surface area contributed by atoms with Gasteiger partial charge >= 0.3 is 0 Å². The summed E-state index contributed by atoms with van der Waals surface area (Å²) < 4.78 is 5.75. The van der Waals surface area contributed by atoms with Crippen molar-refractivity contribution in [1.29, 1.82) is 5.26 Å². The van der Waals surface area contributed by atoms with Crippen LogP contribution >= 0.6 is 0 Å². The number of fused-ring (bicyclic) bond motifs is 1. The van der Waals surface area contributed by atoms with E-state index >= 15 is 0 Å². The maximum absolute atomic E-state index is 9.37. The summed E-state index contributed by atoms with van der Waals surface area (Å²) in [6.45, 7) is 3.23. The lowest BCUT2D eigenvalue weighted by molar-refractivity contribution is 0.0340. The molecule has 0 bridgehead atoms. The molecule has 5 heteroatoms. The average Bonchev–Trinajstić information content (AvgIpc) is 2.54. The number of hydrogen-bond donors (Lipinski definition) is 1. The minimum absolute atomic E-state index is 0.141. The van der Waals surface area contributed by atoms with E-state index in [0.717, 1.165) is 42.8 Å². The van der Waals surface area contributed by atoms with Gasteiger partial charge in [0.2, 0.25) is 0 Å². The van der Waals surface area contributed by atoms with Gasteiger partial charge in [-0.2, -0.15) is 5.26 Å². The van der Waals surface area contributed by atoms with Gasteiger partial charge in [0.1, 0.15) is 6.07 Å². The third kappa shape index (κ3) is 2.82. The van der Waals surface area contributed by atoms with Crippen LogP contribution in [0.1, 0.15) is 5.56 Å². The van der Waals surface area contributed by atoms with E-state index in [0.29, 0.717) is 5.56 Å². The van der Waals surface area contributed by atoms with E-state index in [9.17, 15) is 5.26 Å². The van der Waals surface area contributed by atoms with Crippen molar-refractivity contribution in [2.45, 2.75) is 6.10 Å². The minimum atomic E-state index is 0.141. The number of ether oxygens (including phenoxy) is 1. The fourth-order valence-electron chi connectivity index (χ4n) is 2.75. The van der Waals surface area contributed by atoms with Crippen LogP contribution in [0.2, 0.25) is 0 Å². The Morgan fingerprint density at radius 2 is 2.33 bits per heavy atom. The normalized spacial score (nSPS) is 18.4. The van der Waals surface area contributed by atoms with Gasteiger partial charge in [-0.3, -0.25) is 4.98 Å². The smallest absolute Gasteiger partial charge is 0.103 e. The number of nitrogens with zero attached hydrogens (tertiary/aromatic N) is 3. The number of benzene rings is 1. The highest BCUT2D eigenvalue weighted by atomic mass is 16.5. The zero-order valence-corrected chi connectivity index (χ0v) is 12.0. The average molecular weight is 282 g/mol. The molecule has 2 aromatic rings. The Bertz CT molecular complexity index is 674. The fraction of sp³-hybridized carbons (Fsp3) is 0.375. The van der Waals surface area contributed by atoms with E-state index in [1.54, 1.807) is 6.20 Å². The van der Waals surface area contributed by atoms with Crippen molar-refractivity contribution in [2.24, 2.45) is 0 Å². The first kappa shape index (κ1) is 13.8. The summed E-state index contributed by atoms with van der Waals surface area (Å²) in [5, 5.41) is 13.7. The van der Waals surface area contributed by atoms with Gasteiger partial charge in [0.25, 0.3) is 0 Å². The van der Waals surface area contributed by atoms with Gasteiger partial charge in [-0.05, 0) is 6.07 Å². The van der Waals surface area contributed by atoms with Crippen molar-refractivity contribution in [3.05, 3.63) is 36.0 Å². The Kier molecular flexibility index (Phi) is 4.00. The maximum atomic E-state index is 9.37. The summed E-state index contributed by atoms with van der Waals surface area (Å²) in [5.41, 5.74) is 2.43. The first-order valence-corrected chi connectivity index (χ1v) is 7.11. The highest BCUT2D eigenvalue weighted by Crippen LogP contribution is 2.28. The van der Waals surface area contributed by atoms with Gasteiger partial charge in [0.05, 0.1) is 29.5 Å². The number of nitrogens with one attached hydrogen (secondary N) is 1. The Morgan fingerprint density at radius 1 is 1.48 bits per heavy atom. The van der Waals surface area contributed by atoms with Crippen LogP contribution in [-0.4, -0.2) is 44.4 Å². The fourth-order valence-corrected chi connectivity index (χ4v) is 2.75. The molecular formula is C16H18N4O. The molecule has 1 unspecified atom stereocenters. The standard InChI is InChI=1S/C16H18N4O/c1-20(11-13-10-18-6-7-21-13)16-12(8-17)9-19-15-5-3-2-4-14(15)16/h2-5,9,13,18H,6-7,10-11H2,1H3. The number of para-hydroxylation sites is 1. The molecule has 2 heterocycles. The molecule has 1 aliphatic heterocycles. The number of anilines is 1. The van der Waals surface area contributed by atoms with E-state index < -0.39 is 0 Å². The van der Waals surface area contributed by atoms with Crippen LogP contribution in [0.25, 0.3) is 10.9 Å². The molecule has 1 aromatic heterocycles. The Balaban J connectivity index is 1.95. The number of morpholine rings is 1. The molecule has 1 saturated heterocycles. The topological polar surface area (TPSA) is 61.2 Å². The monoisotopic (exact) mass is 282 g/mol. The van der Waals surface area contributed by atoms with E-state index in [1.165, 1.54) is 0 Å². The molecule has 21 heavy (non-hydrogen) atoms. The SMILES string of the molecule is CN(CC1CNCCO1)c1c(C#N)cnc2ccccc12. The molecule has 0 amide bonds. The number of aromatic nitrogens is 1. The molecule has 1 fully saturated rings. The van der Waals surface area contributed by atoms with Gasteiger partial charge in [-0.1, -0.05) is 18.2 Å². The summed E-state index contributed by atoms with van der Waals surface area (Å²) in [5.74, 6) is 0.